The number of hydrazine groups is 1. The first-order valence-corrected chi connectivity index (χ1v) is 8.71. The molecule has 2 aromatic rings. The maximum absolute atomic E-state index is 12.2. The number of benzene rings is 2. The van der Waals surface area contributed by atoms with E-state index in [1.54, 1.807) is 19.1 Å². The van der Waals surface area contributed by atoms with Crippen LogP contribution in [-0.4, -0.2) is 17.9 Å². The lowest BCUT2D eigenvalue weighted by Gasteiger charge is -2.18. The lowest BCUT2D eigenvalue weighted by atomic mass is 10.1. The number of aryl methyl sites for hydroxylation is 3. The van der Waals surface area contributed by atoms with Gasteiger partial charge >= 0.3 is 0 Å². The van der Waals surface area contributed by atoms with Crippen LogP contribution < -0.4 is 15.6 Å². The molecule has 0 saturated heterocycles. The highest BCUT2D eigenvalue weighted by atomic mass is 35.5. The zero-order valence-electron chi connectivity index (χ0n) is 15.4. The number of carbonyl (C=O) groups excluding carboxylic acids is 2. The highest BCUT2D eigenvalue weighted by molar-refractivity contribution is 6.30. The van der Waals surface area contributed by atoms with E-state index in [0.29, 0.717) is 10.8 Å². The first-order valence-electron chi connectivity index (χ1n) is 8.34. The van der Waals surface area contributed by atoms with Crippen molar-refractivity contribution in [2.45, 2.75) is 40.2 Å². The van der Waals surface area contributed by atoms with Gasteiger partial charge < -0.3 is 4.74 Å². The molecule has 5 nitrogen and oxygen atoms in total. The first-order chi connectivity index (χ1) is 12.3. The van der Waals surface area contributed by atoms with Crippen molar-refractivity contribution in [3.05, 3.63) is 63.7 Å². The van der Waals surface area contributed by atoms with Crippen LogP contribution in [0.3, 0.4) is 0 Å². The SMILES string of the molecule is Cc1ccc(CC(=O)NNC(=O)C(C)Oc2c(C)cc(Cl)cc2C)cc1. The molecule has 2 rings (SSSR count). The van der Waals surface area contributed by atoms with Crippen molar-refractivity contribution in [1.29, 1.82) is 0 Å². The standard InChI is InChI=1S/C20H23ClN2O3/c1-12-5-7-16(8-6-12)11-18(24)22-23-20(25)15(4)26-19-13(2)9-17(21)10-14(19)3/h5-10,15H,11H2,1-4H3,(H,22,24)(H,23,25). The summed E-state index contributed by atoms with van der Waals surface area (Å²) in [7, 11) is 0. The smallest absolute Gasteiger partial charge is 0.279 e. The number of nitrogens with one attached hydrogen (secondary N) is 2. The van der Waals surface area contributed by atoms with E-state index in [-0.39, 0.29) is 12.3 Å². The van der Waals surface area contributed by atoms with Crippen LogP contribution in [0.15, 0.2) is 36.4 Å². The molecule has 0 aromatic heterocycles. The molecule has 1 atom stereocenters. The third kappa shape index (κ3) is 5.49. The minimum Gasteiger partial charge on any atom is -0.480 e. The van der Waals surface area contributed by atoms with Crippen molar-refractivity contribution < 1.29 is 14.3 Å². The maximum atomic E-state index is 12.2. The molecule has 0 radical (unpaired) electrons. The molecule has 2 N–H and O–H groups in total. The molecule has 0 aliphatic rings. The molecule has 0 heterocycles. The van der Waals surface area contributed by atoms with Gasteiger partial charge in [-0.3, -0.25) is 20.4 Å². The fourth-order valence-electron chi connectivity index (χ4n) is 2.48. The molecular formula is C20H23ClN2O3. The van der Waals surface area contributed by atoms with Crippen molar-refractivity contribution in [2.75, 3.05) is 0 Å². The summed E-state index contributed by atoms with van der Waals surface area (Å²) in [6.45, 7) is 7.33. The van der Waals surface area contributed by atoms with Crippen LogP contribution in [0.5, 0.6) is 5.75 Å². The van der Waals surface area contributed by atoms with Crippen LogP contribution in [0, 0.1) is 20.8 Å². The predicted octanol–water partition coefficient (Wildman–Crippen LogP) is 3.42. The second-order valence-electron chi connectivity index (χ2n) is 6.33. The number of carbonyl (C=O) groups is 2. The Balaban J connectivity index is 1.87. The number of hydrogen-bond acceptors (Lipinski definition) is 3. The molecule has 0 aliphatic heterocycles. The lowest BCUT2D eigenvalue weighted by molar-refractivity contribution is -0.132. The maximum Gasteiger partial charge on any atom is 0.279 e. The summed E-state index contributed by atoms with van der Waals surface area (Å²) in [4.78, 5) is 24.1. The van der Waals surface area contributed by atoms with Gasteiger partial charge in [-0.2, -0.15) is 0 Å². The summed E-state index contributed by atoms with van der Waals surface area (Å²) in [5.74, 6) is -0.118. The molecule has 0 bridgehead atoms. The van der Waals surface area contributed by atoms with Crippen LogP contribution in [0.2, 0.25) is 5.02 Å². The summed E-state index contributed by atoms with van der Waals surface area (Å²) in [6.07, 6.45) is -0.584. The van der Waals surface area contributed by atoms with Crippen LogP contribution in [0.1, 0.15) is 29.2 Å². The van der Waals surface area contributed by atoms with Gasteiger partial charge in [-0.1, -0.05) is 41.4 Å². The number of amides is 2. The highest BCUT2D eigenvalue weighted by Crippen LogP contribution is 2.27. The zero-order valence-corrected chi connectivity index (χ0v) is 16.1. The van der Waals surface area contributed by atoms with Gasteiger partial charge in [0, 0.05) is 5.02 Å². The topological polar surface area (TPSA) is 67.4 Å². The minimum atomic E-state index is -0.770. The van der Waals surface area contributed by atoms with Crippen molar-refractivity contribution in [2.24, 2.45) is 0 Å². The van der Waals surface area contributed by atoms with Gasteiger partial charge in [0.05, 0.1) is 6.42 Å². The third-order valence-corrected chi connectivity index (χ3v) is 4.12. The van der Waals surface area contributed by atoms with Gasteiger partial charge in [0.15, 0.2) is 6.10 Å². The van der Waals surface area contributed by atoms with Gasteiger partial charge in [0.25, 0.3) is 5.91 Å². The van der Waals surface area contributed by atoms with Crippen LogP contribution in [-0.2, 0) is 16.0 Å². The molecule has 0 fully saturated rings. The summed E-state index contributed by atoms with van der Waals surface area (Å²) >= 11 is 6.00. The van der Waals surface area contributed by atoms with Crippen LogP contribution in [0.25, 0.3) is 0 Å². The average molecular weight is 375 g/mol. The van der Waals surface area contributed by atoms with Crippen molar-refractivity contribution in [1.82, 2.24) is 10.9 Å². The Kier molecular flexibility index (Phi) is 6.64. The van der Waals surface area contributed by atoms with Crippen LogP contribution >= 0.6 is 11.6 Å². The molecule has 0 aliphatic carbocycles. The number of halogens is 1. The number of hydrogen-bond donors (Lipinski definition) is 2. The molecule has 26 heavy (non-hydrogen) atoms. The largest absolute Gasteiger partial charge is 0.480 e. The fourth-order valence-corrected chi connectivity index (χ4v) is 2.81. The Labute approximate surface area is 158 Å². The van der Waals surface area contributed by atoms with E-state index in [1.807, 2.05) is 45.0 Å². The molecule has 6 heteroatoms. The second-order valence-corrected chi connectivity index (χ2v) is 6.77. The summed E-state index contributed by atoms with van der Waals surface area (Å²) in [5.41, 5.74) is 8.50. The Hall–Kier alpha value is -2.53. The molecule has 138 valence electrons. The van der Waals surface area contributed by atoms with Gasteiger partial charge in [0.2, 0.25) is 5.91 Å². The Morgan fingerprint density at radius 2 is 1.62 bits per heavy atom. The van der Waals surface area contributed by atoms with Crippen molar-refractivity contribution in [3.8, 4) is 5.75 Å². The molecular weight excluding hydrogens is 352 g/mol. The number of ether oxygens (including phenoxy) is 1. The number of rotatable bonds is 5. The third-order valence-electron chi connectivity index (χ3n) is 3.90. The summed E-state index contributed by atoms with van der Waals surface area (Å²) in [6, 6.07) is 11.2. The first kappa shape index (κ1) is 19.8. The van der Waals surface area contributed by atoms with E-state index in [4.69, 9.17) is 16.3 Å². The van der Waals surface area contributed by atoms with Crippen molar-refractivity contribution in [3.63, 3.8) is 0 Å². The Morgan fingerprint density at radius 1 is 1.04 bits per heavy atom. The molecule has 0 spiro atoms. The molecule has 0 saturated carbocycles. The zero-order chi connectivity index (χ0) is 19.3. The van der Waals surface area contributed by atoms with Crippen LogP contribution in [0.4, 0.5) is 0 Å². The Morgan fingerprint density at radius 3 is 2.19 bits per heavy atom. The van der Waals surface area contributed by atoms with Gasteiger partial charge in [-0.25, -0.2) is 0 Å². The molecule has 2 amide bonds. The summed E-state index contributed by atoms with van der Waals surface area (Å²) in [5, 5.41) is 0.618. The van der Waals surface area contributed by atoms with E-state index in [9.17, 15) is 9.59 Å². The lowest BCUT2D eigenvalue weighted by Crippen LogP contribution is -2.47. The van der Waals surface area contributed by atoms with E-state index < -0.39 is 12.0 Å². The predicted molar refractivity (Wildman–Crippen MR) is 102 cm³/mol. The molecule has 2 aromatic carbocycles. The second kappa shape index (κ2) is 8.72. The van der Waals surface area contributed by atoms with Gasteiger partial charge in [0.1, 0.15) is 5.75 Å². The van der Waals surface area contributed by atoms with E-state index in [0.717, 1.165) is 22.3 Å². The van der Waals surface area contributed by atoms with E-state index in [1.165, 1.54) is 0 Å². The normalized spacial score (nSPS) is 11.6. The molecule has 1 unspecified atom stereocenters. The summed E-state index contributed by atoms with van der Waals surface area (Å²) < 4.78 is 5.73. The Bertz CT molecular complexity index is 780. The highest BCUT2D eigenvalue weighted by Gasteiger charge is 2.18. The van der Waals surface area contributed by atoms with E-state index >= 15 is 0 Å². The van der Waals surface area contributed by atoms with E-state index in [2.05, 4.69) is 10.9 Å². The quantitative estimate of drug-likeness (QED) is 0.788. The van der Waals surface area contributed by atoms with Gasteiger partial charge in [-0.15, -0.1) is 0 Å². The fraction of sp³-hybridized carbons (Fsp3) is 0.300. The minimum absolute atomic E-state index is 0.186. The average Bonchev–Trinajstić information content (AvgIpc) is 2.57. The monoisotopic (exact) mass is 374 g/mol. The van der Waals surface area contributed by atoms with Gasteiger partial charge in [-0.05, 0) is 56.5 Å². The van der Waals surface area contributed by atoms with Crippen molar-refractivity contribution >= 4 is 23.4 Å².